The van der Waals surface area contributed by atoms with Crippen molar-refractivity contribution in [3.05, 3.63) is 125 Å². The van der Waals surface area contributed by atoms with Gasteiger partial charge in [0.1, 0.15) is 11.7 Å². The largest absolute Gasteiger partial charge is 0.459 e. The molecule has 10 heteroatoms. The number of nitrogens with zero attached hydrogens (tertiary/aromatic N) is 4. The van der Waals surface area contributed by atoms with Crippen LogP contribution in [0.15, 0.2) is 99.4 Å². The van der Waals surface area contributed by atoms with Gasteiger partial charge in [-0.1, -0.05) is 59.3 Å². The number of halogens is 1. The highest BCUT2D eigenvalue weighted by atomic mass is 35.5. The number of esters is 1. The molecule has 0 bridgehead atoms. The molecule has 6 rings (SSSR count). The van der Waals surface area contributed by atoms with Crippen molar-refractivity contribution in [2.75, 3.05) is 0 Å². The van der Waals surface area contributed by atoms with Gasteiger partial charge in [-0.05, 0) is 62.6 Å². The van der Waals surface area contributed by atoms with Gasteiger partial charge < -0.3 is 4.74 Å². The van der Waals surface area contributed by atoms with Crippen LogP contribution >= 0.6 is 34.3 Å². The van der Waals surface area contributed by atoms with Crippen molar-refractivity contribution >= 4 is 46.3 Å². The third kappa shape index (κ3) is 5.24. The predicted molar refractivity (Wildman–Crippen MR) is 163 cm³/mol. The van der Waals surface area contributed by atoms with Crippen LogP contribution in [0.3, 0.4) is 0 Å². The van der Waals surface area contributed by atoms with Crippen LogP contribution in [0, 0.1) is 0 Å². The van der Waals surface area contributed by atoms with Gasteiger partial charge in [0.25, 0.3) is 5.56 Å². The third-order valence-corrected chi connectivity index (χ3v) is 8.72. The van der Waals surface area contributed by atoms with E-state index in [1.165, 1.54) is 22.7 Å². The van der Waals surface area contributed by atoms with E-state index in [9.17, 15) is 9.59 Å². The Hall–Kier alpha value is -4.05. The maximum Gasteiger partial charge on any atom is 0.338 e. The number of para-hydroxylation sites is 1. The number of hydrogen-bond acceptors (Lipinski definition) is 7. The zero-order valence-electron chi connectivity index (χ0n) is 22.4. The van der Waals surface area contributed by atoms with Crippen molar-refractivity contribution in [1.29, 1.82) is 0 Å². The SMILES string of the molecule is CC1=C(C(=O)OC(C)C)[C@H](c2cccs2)n2c(s/c(=C\c3cn(-c4ccccc4)nc3-c3ccc(Cl)cc3)c2=O)=N1. The Morgan fingerprint density at radius 1 is 1.07 bits per heavy atom. The number of allylic oxidation sites excluding steroid dienone is 1. The summed E-state index contributed by atoms with van der Waals surface area (Å²) >= 11 is 8.93. The summed E-state index contributed by atoms with van der Waals surface area (Å²) < 4.78 is 9.46. The van der Waals surface area contributed by atoms with Crippen molar-refractivity contribution in [3.8, 4) is 16.9 Å². The van der Waals surface area contributed by atoms with Gasteiger partial charge in [0.2, 0.25) is 0 Å². The molecule has 0 N–H and O–H groups in total. The lowest BCUT2D eigenvalue weighted by Crippen LogP contribution is -2.39. The lowest BCUT2D eigenvalue weighted by atomic mass is 10.0. The van der Waals surface area contributed by atoms with Crippen molar-refractivity contribution in [2.24, 2.45) is 4.99 Å². The van der Waals surface area contributed by atoms with Gasteiger partial charge in [-0.15, -0.1) is 11.3 Å². The summed E-state index contributed by atoms with van der Waals surface area (Å²) in [6, 6.07) is 20.5. The van der Waals surface area contributed by atoms with Gasteiger partial charge in [-0.3, -0.25) is 9.36 Å². The zero-order valence-corrected chi connectivity index (χ0v) is 24.8. The Balaban J connectivity index is 1.54. The maximum absolute atomic E-state index is 14.1. The Bertz CT molecular complexity index is 1950. The average molecular weight is 601 g/mol. The molecule has 0 radical (unpaired) electrons. The first-order valence-electron chi connectivity index (χ1n) is 13.0. The van der Waals surface area contributed by atoms with Gasteiger partial charge in [-0.2, -0.15) is 5.10 Å². The van der Waals surface area contributed by atoms with Gasteiger partial charge >= 0.3 is 5.97 Å². The van der Waals surface area contributed by atoms with Crippen molar-refractivity contribution in [2.45, 2.75) is 32.9 Å². The molecule has 0 unspecified atom stereocenters. The molecule has 1 aliphatic rings. The number of aromatic nitrogens is 3. The fourth-order valence-electron chi connectivity index (χ4n) is 4.76. The number of rotatable bonds is 6. The van der Waals surface area contributed by atoms with E-state index in [0.717, 1.165) is 21.7 Å². The van der Waals surface area contributed by atoms with Crippen LogP contribution in [0.4, 0.5) is 0 Å². The standard InChI is InChI=1S/C31H25ClN4O3S2/c1-18(2)39-30(38)26-19(3)33-31-36(28(26)24-10-7-15-40-24)29(37)25(41-31)16-21-17-35(23-8-5-4-6-9-23)34-27(21)20-11-13-22(32)14-12-20/h4-18,28H,1-3H3/b25-16-/t28-/m0/s1. The quantitative estimate of drug-likeness (QED) is 0.232. The Morgan fingerprint density at radius 2 is 1.83 bits per heavy atom. The van der Waals surface area contributed by atoms with E-state index >= 15 is 0 Å². The molecular formula is C31H25ClN4O3S2. The Labute approximate surface area is 249 Å². The molecule has 0 aliphatic carbocycles. The first kappa shape index (κ1) is 27.1. The number of thiazole rings is 1. The summed E-state index contributed by atoms with van der Waals surface area (Å²) in [5.41, 5.74) is 3.93. The molecule has 0 saturated carbocycles. The van der Waals surface area contributed by atoms with Crippen molar-refractivity contribution < 1.29 is 9.53 Å². The monoisotopic (exact) mass is 600 g/mol. The number of carbonyl (C=O) groups is 1. The van der Waals surface area contributed by atoms with Gasteiger partial charge in [0.15, 0.2) is 4.80 Å². The Kier molecular flexibility index (Phi) is 7.33. The highest BCUT2D eigenvalue weighted by Gasteiger charge is 2.34. The molecule has 1 atom stereocenters. The van der Waals surface area contributed by atoms with Gasteiger partial charge in [0, 0.05) is 27.2 Å². The molecule has 0 amide bonds. The molecule has 2 aromatic carbocycles. The van der Waals surface area contributed by atoms with Crippen LogP contribution < -0.4 is 14.9 Å². The number of benzene rings is 2. The highest BCUT2D eigenvalue weighted by Crippen LogP contribution is 2.33. The summed E-state index contributed by atoms with van der Waals surface area (Å²) in [7, 11) is 0. The number of ether oxygens (including phenoxy) is 1. The zero-order chi connectivity index (χ0) is 28.7. The van der Waals surface area contributed by atoms with Gasteiger partial charge in [0.05, 0.1) is 27.6 Å². The molecule has 4 heterocycles. The van der Waals surface area contributed by atoms with E-state index < -0.39 is 12.0 Å². The molecular weight excluding hydrogens is 576 g/mol. The summed E-state index contributed by atoms with van der Waals surface area (Å²) in [6.45, 7) is 5.39. The van der Waals surface area contributed by atoms with Crippen LogP contribution in [0.5, 0.6) is 0 Å². The van der Waals surface area contributed by atoms with E-state index in [1.54, 1.807) is 30.0 Å². The molecule has 41 heavy (non-hydrogen) atoms. The fraction of sp³-hybridized carbons (Fsp3) is 0.161. The van der Waals surface area contributed by atoms with Crippen LogP contribution in [0.25, 0.3) is 23.0 Å². The molecule has 3 aromatic heterocycles. The summed E-state index contributed by atoms with van der Waals surface area (Å²) in [5, 5.41) is 7.43. The summed E-state index contributed by atoms with van der Waals surface area (Å²) in [5.74, 6) is -0.469. The molecule has 5 aromatic rings. The minimum atomic E-state index is -0.623. The van der Waals surface area contributed by atoms with Crippen molar-refractivity contribution in [1.82, 2.24) is 14.3 Å². The van der Waals surface area contributed by atoms with E-state index in [2.05, 4.69) is 0 Å². The second kappa shape index (κ2) is 11.1. The second-order valence-corrected chi connectivity index (χ2v) is 12.2. The van der Waals surface area contributed by atoms with E-state index in [-0.39, 0.29) is 11.7 Å². The number of thiophene rings is 1. The fourth-order valence-corrected chi connectivity index (χ4v) is 6.74. The van der Waals surface area contributed by atoms with E-state index in [1.807, 2.05) is 84.4 Å². The average Bonchev–Trinajstić information content (AvgIpc) is 3.69. The lowest BCUT2D eigenvalue weighted by Gasteiger charge is -2.24. The van der Waals surface area contributed by atoms with Crippen LogP contribution in [0.1, 0.15) is 37.3 Å². The van der Waals surface area contributed by atoms with Crippen LogP contribution in [-0.2, 0) is 9.53 Å². The summed E-state index contributed by atoms with van der Waals surface area (Å²) in [4.78, 5) is 33.4. The maximum atomic E-state index is 14.1. The third-order valence-electron chi connectivity index (χ3n) is 6.56. The minimum absolute atomic E-state index is 0.232. The predicted octanol–water partition coefficient (Wildman–Crippen LogP) is 5.75. The first-order chi connectivity index (χ1) is 19.8. The van der Waals surface area contributed by atoms with E-state index in [0.29, 0.717) is 31.3 Å². The number of fused-ring (bicyclic) bond motifs is 1. The topological polar surface area (TPSA) is 78.5 Å². The number of hydrogen-bond donors (Lipinski definition) is 0. The van der Waals surface area contributed by atoms with E-state index in [4.69, 9.17) is 26.4 Å². The number of carbonyl (C=O) groups excluding carboxylic acids is 1. The smallest absolute Gasteiger partial charge is 0.338 e. The van der Waals surface area contributed by atoms with Crippen molar-refractivity contribution in [3.63, 3.8) is 0 Å². The van der Waals surface area contributed by atoms with Gasteiger partial charge in [-0.25, -0.2) is 14.5 Å². The highest BCUT2D eigenvalue weighted by molar-refractivity contribution is 7.10. The first-order valence-corrected chi connectivity index (χ1v) is 15.1. The Morgan fingerprint density at radius 3 is 2.51 bits per heavy atom. The molecule has 1 aliphatic heterocycles. The normalized spacial score (nSPS) is 15.2. The van der Waals surface area contributed by atoms with Crippen LogP contribution in [-0.4, -0.2) is 26.4 Å². The second-order valence-electron chi connectivity index (χ2n) is 9.77. The lowest BCUT2D eigenvalue weighted by molar-refractivity contribution is -0.143. The molecule has 0 fully saturated rings. The van der Waals surface area contributed by atoms with Crippen LogP contribution in [0.2, 0.25) is 5.02 Å². The molecule has 7 nitrogen and oxygen atoms in total. The minimum Gasteiger partial charge on any atom is -0.459 e. The summed E-state index contributed by atoms with van der Waals surface area (Å²) in [6.07, 6.45) is 3.45. The molecule has 0 spiro atoms. The molecule has 206 valence electrons. The molecule has 0 saturated heterocycles.